The van der Waals surface area contributed by atoms with Crippen molar-refractivity contribution >= 4 is 0 Å². The molecule has 0 bridgehead atoms. The van der Waals surface area contributed by atoms with Crippen molar-refractivity contribution in [1.82, 2.24) is 5.32 Å². The summed E-state index contributed by atoms with van der Waals surface area (Å²) < 4.78 is 0. The van der Waals surface area contributed by atoms with E-state index in [4.69, 9.17) is 5.73 Å². The topological polar surface area (TPSA) is 38.0 Å². The van der Waals surface area contributed by atoms with Crippen LogP contribution in [0.4, 0.5) is 0 Å². The molecule has 0 aromatic carbocycles. The number of rotatable bonds is 7. The molecule has 2 rings (SSSR count). The van der Waals surface area contributed by atoms with Gasteiger partial charge in [-0.3, -0.25) is 0 Å². The van der Waals surface area contributed by atoms with Gasteiger partial charge < -0.3 is 11.1 Å². The maximum atomic E-state index is 5.69. The van der Waals surface area contributed by atoms with Crippen molar-refractivity contribution in [2.24, 2.45) is 23.5 Å². The zero-order valence-corrected chi connectivity index (χ0v) is 9.34. The summed E-state index contributed by atoms with van der Waals surface area (Å²) in [6.07, 6.45) is 7.12. The van der Waals surface area contributed by atoms with Crippen LogP contribution in [-0.4, -0.2) is 19.1 Å². The van der Waals surface area contributed by atoms with Crippen LogP contribution in [0.5, 0.6) is 0 Å². The molecule has 0 aromatic heterocycles. The molecule has 2 aliphatic carbocycles. The standard InChI is InChI=1S/C12H24N2/c1-2-11(7-13)14-8-12(9-3-4-9)10-5-6-10/h9-12,14H,2-8,13H2,1H3. The minimum Gasteiger partial charge on any atom is -0.329 e. The fourth-order valence-corrected chi connectivity index (χ4v) is 2.46. The van der Waals surface area contributed by atoms with E-state index in [2.05, 4.69) is 12.2 Å². The van der Waals surface area contributed by atoms with Gasteiger partial charge in [-0.2, -0.15) is 0 Å². The first-order chi connectivity index (χ1) is 6.85. The number of nitrogens with one attached hydrogen (secondary N) is 1. The zero-order valence-electron chi connectivity index (χ0n) is 9.34. The SMILES string of the molecule is CCC(CN)NCC(C1CC1)C1CC1. The lowest BCUT2D eigenvalue weighted by Gasteiger charge is -2.21. The molecule has 0 saturated heterocycles. The number of hydrogen-bond donors (Lipinski definition) is 2. The Hall–Kier alpha value is -0.0800. The van der Waals surface area contributed by atoms with Crippen LogP contribution < -0.4 is 11.1 Å². The molecule has 2 aliphatic rings. The largest absolute Gasteiger partial charge is 0.329 e. The molecule has 2 fully saturated rings. The first kappa shape index (κ1) is 10.4. The summed E-state index contributed by atoms with van der Waals surface area (Å²) in [5, 5.41) is 3.64. The Morgan fingerprint density at radius 1 is 1.21 bits per heavy atom. The van der Waals surface area contributed by atoms with E-state index in [0.29, 0.717) is 6.04 Å². The molecule has 0 heterocycles. The Morgan fingerprint density at radius 2 is 1.79 bits per heavy atom. The van der Waals surface area contributed by atoms with Crippen molar-refractivity contribution in [3.8, 4) is 0 Å². The van der Waals surface area contributed by atoms with Crippen LogP contribution >= 0.6 is 0 Å². The lowest BCUT2D eigenvalue weighted by atomic mass is 9.97. The molecule has 0 spiro atoms. The van der Waals surface area contributed by atoms with Crippen molar-refractivity contribution < 1.29 is 0 Å². The highest BCUT2D eigenvalue weighted by Gasteiger charge is 2.40. The molecule has 0 aromatic rings. The Bertz CT molecular complexity index is 157. The van der Waals surface area contributed by atoms with Crippen molar-refractivity contribution in [2.75, 3.05) is 13.1 Å². The predicted molar refractivity (Wildman–Crippen MR) is 60.1 cm³/mol. The first-order valence-corrected chi connectivity index (χ1v) is 6.28. The van der Waals surface area contributed by atoms with E-state index >= 15 is 0 Å². The van der Waals surface area contributed by atoms with E-state index in [1.54, 1.807) is 0 Å². The number of nitrogens with two attached hydrogens (primary N) is 1. The van der Waals surface area contributed by atoms with E-state index in [1.807, 2.05) is 0 Å². The van der Waals surface area contributed by atoms with Crippen LogP contribution in [0.25, 0.3) is 0 Å². The molecule has 1 atom stereocenters. The van der Waals surface area contributed by atoms with E-state index in [9.17, 15) is 0 Å². The fourth-order valence-electron chi connectivity index (χ4n) is 2.46. The van der Waals surface area contributed by atoms with Gasteiger partial charge in [-0.25, -0.2) is 0 Å². The van der Waals surface area contributed by atoms with E-state index in [1.165, 1.54) is 38.6 Å². The van der Waals surface area contributed by atoms with Crippen LogP contribution in [0, 0.1) is 17.8 Å². The Kier molecular flexibility index (Phi) is 3.45. The Balaban J connectivity index is 1.70. The minimum absolute atomic E-state index is 0.551. The molecule has 2 nitrogen and oxygen atoms in total. The van der Waals surface area contributed by atoms with Gasteiger partial charge in [-0.15, -0.1) is 0 Å². The van der Waals surface area contributed by atoms with Crippen LogP contribution in [0.1, 0.15) is 39.0 Å². The highest BCUT2D eigenvalue weighted by Crippen LogP contribution is 2.48. The lowest BCUT2D eigenvalue weighted by Crippen LogP contribution is -2.39. The molecule has 2 saturated carbocycles. The smallest absolute Gasteiger partial charge is 0.0187 e. The van der Waals surface area contributed by atoms with Gasteiger partial charge in [0, 0.05) is 12.6 Å². The molecule has 3 N–H and O–H groups in total. The summed E-state index contributed by atoms with van der Waals surface area (Å²) in [6.45, 7) is 4.23. The van der Waals surface area contributed by atoms with Gasteiger partial charge in [-0.1, -0.05) is 6.92 Å². The average molecular weight is 196 g/mol. The summed E-state index contributed by atoms with van der Waals surface area (Å²) in [5.74, 6) is 3.10. The minimum atomic E-state index is 0.551. The maximum absolute atomic E-state index is 5.69. The van der Waals surface area contributed by atoms with Gasteiger partial charge in [0.25, 0.3) is 0 Å². The Labute approximate surface area is 87.6 Å². The highest BCUT2D eigenvalue weighted by molar-refractivity contribution is 4.92. The van der Waals surface area contributed by atoms with Gasteiger partial charge in [0.15, 0.2) is 0 Å². The van der Waals surface area contributed by atoms with Crippen molar-refractivity contribution in [1.29, 1.82) is 0 Å². The average Bonchev–Trinajstić information content (AvgIpc) is 3.03. The summed E-state index contributed by atoms with van der Waals surface area (Å²) in [5.41, 5.74) is 5.69. The highest BCUT2D eigenvalue weighted by atomic mass is 14.9. The third kappa shape index (κ3) is 2.71. The van der Waals surface area contributed by atoms with Crippen LogP contribution in [-0.2, 0) is 0 Å². The molecular weight excluding hydrogens is 172 g/mol. The summed E-state index contributed by atoms with van der Waals surface area (Å²) >= 11 is 0. The van der Waals surface area contributed by atoms with Gasteiger partial charge in [0.1, 0.15) is 0 Å². The number of hydrogen-bond acceptors (Lipinski definition) is 2. The zero-order chi connectivity index (χ0) is 9.97. The lowest BCUT2D eigenvalue weighted by molar-refractivity contribution is 0.352. The van der Waals surface area contributed by atoms with Crippen molar-refractivity contribution in [3.05, 3.63) is 0 Å². The fraction of sp³-hybridized carbons (Fsp3) is 1.00. The molecule has 0 radical (unpaired) electrons. The molecule has 0 amide bonds. The second kappa shape index (κ2) is 4.63. The first-order valence-electron chi connectivity index (χ1n) is 6.28. The van der Waals surface area contributed by atoms with Gasteiger partial charge >= 0.3 is 0 Å². The molecule has 0 aliphatic heterocycles. The monoisotopic (exact) mass is 196 g/mol. The Morgan fingerprint density at radius 3 is 2.14 bits per heavy atom. The van der Waals surface area contributed by atoms with E-state index in [0.717, 1.165) is 24.3 Å². The summed E-state index contributed by atoms with van der Waals surface area (Å²) in [4.78, 5) is 0. The van der Waals surface area contributed by atoms with Crippen LogP contribution in [0.2, 0.25) is 0 Å². The van der Waals surface area contributed by atoms with Gasteiger partial charge in [0.2, 0.25) is 0 Å². The van der Waals surface area contributed by atoms with Gasteiger partial charge in [-0.05, 0) is 56.4 Å². The maximum Gasteiger partial charge on any atom is 0.0187 e. The molecule has 2 heteroatoms. The normalized spacial score (nSPS) is 24.2. The second-order valence-corrected chi connectivity index (χ2v) is 5.09. The molecule has 1 unspecified atom stereocenters. The summed E-state index contributed by atoms with van der Waals surface area (Å²) in [6, 6.07) is 0.551. The molecular formula is C12H24N2. The van der Waals surface area contributed by atoms with Crippen molar-refractivity contribution in [2.45, 2.75) is 45.1 Å². The van der Waals surface area contributed by atoms with Crippen molar-refractivity contribution in [3.63, 3.8) is 0 Å². The molecule has 14 heavy (non-hydrogen) atoms. The predicted octanol–water partition coefficient (Wildman–Crippen LogP) is 1.75. The van der Waals surface area contributed by atoms with E-state index in [-0.39, 0.29) is 0 Å². The third-order valence-corrected chi connectivity index (χ3v) is 3.87. The van der Waals surface area contributed by atoms with Crippen LogP contribution in [0.3, 0.4) is 0 Å². The molecule has 82 valence electrons. The second-order valence-electron chi connectivity index (χ2n) is 5.09. The third-order valence-electron chi connectivity index (χ3n) is 3.87. The van der Waals surface area contributed by atoms with E-state index < -0.39 is 0 Å². The van der Waals surface area contributed by atoms with Crippen LogP contribution in [0.15, 0.2) is 0 Å². The van der Waals surface area contributed by atoms with Gasteiger partial charge in [0.05, 0.1) is 0 Å². The quantitative estimate of drug-likeness (QED) is 0.651. The summed E-state index contributed by atoms with van der Waals surface area (Å²) in [7, 11) is 0.